The van der Waals surface area contributed by atoms with Crippen LogP contribution in [0.3, 0.4) is 0 Å². The molecule has 0 spiro atoms. The number of likely N-dealkylation sites (tertiary alicyclic amines) is 1. The number of carbonyl (C=O) groups excluding carboxylic acids is 2. The standard InChI is InChI=1S/C25H26N2O2/c28-24(18-21-13-8-12-20-11-4-5-14-22(20)21)26-23(17-19-9-2-1-3-10-19)25(29)27-15-6-7-16-27/h1-5,8-14,23H,6-7,15-18H2,(H,26,28). The zero-order valence-corrected chi connectivity index (χ0v) is 16.5. The van der Waals surface area contributed by atoms with Gasteiger partial charge in [0.2, 0.25) is 11.8 Å². The van der Waals surface area contributed by atoms with Crippen molar-refractivity contribution in [3.8, 4) is 0 Å². The zero-order chi connectivity index (χ0) is 20.1. The van der Waals surface area contributed by atoms with Crippen molar-refractivity contribution in [2.24, 2.45) is 0 Å². The number of amides is 2. The van der Waals surface area contributed by atoms with Gasteiger partial charge in [-0.3, -0.25) is 9.59 Å². The van der Waals surface area contributed by atoms with Gasteiger partial charge in [0, 0.05) is 19.5 Å². The van der Waals surface area contributed by atoms with Gasteiger partial charge in [0.1, 0.15) is 6.04 Å². The summed E-state index contributed by atoms with van der Waals surface area (Å²) in [6.45, 7) is 1.56. The molecule has 3 aromatic rings. The molecule has 1 aliphatic rings. The van der Waals surface area contributed by atoms with E-state index in [1.54, 1.807) is 0 Å². The number of carbonyl (C=O) groups is 2. The molecule has 1 atom stereocenters. The number of benzene rings is 3. The van der Waals surface area contributed by atoms with Crippen LogP contribution in [0, 0.1) is 0 Å². The SMILES string of the molecule is O=C(Cc1cccc2ccccc12)NC(Cc1ccccc1)C(=O)N1CCCC1. The molecule has 1 unspecified atom stereocenters. The molecule has 0 aliphatic carbocycles. The number of hydrogen-bond donors (Lipinski definition) is 1. The lowest BCUT2D eigenvalue weighted by atomic mass is 10.0. The fourth-order valence-electron chi connectivity index (χ4n) is 4.07. The second-order valence-electron chi connectivity index (χ2n) is 7.66. The summed E-state index contributed by atoms with van der Waals surface area (Å²) in [6, 6.07) is 23.4. The van der Waals surface area contributed by atoms with Gasteiger partial charge < -0.3 is 10.2 Å². The predicted molar refractivity (Wildman–Crippen MR) is 116 cm³/mol. The van der Waals surface area contributed by atoms with Crippen LogP contribution in [-0.4, -0.2) is 35.8 Å². The van der Waals surface area contributed by atoms with Gasteiger partial charge in [0.25, 0.3) is 0 Å². The normalized spacial score (nSPS) is 14.7. The van der Waals surface area contributed by atoms with Gasteiger partial charge in [0.15, 0.2) is 0 Å². The Morgan fingerprint density at radius 1 is 0.862 bits per heavy atom. The molecule has 29 heavy (non-hydrogen) atoms. The van der Waals surface area contributed by atoms with Gasteiger partial charge in [-0.2, -0.15) is 0 Å². The number of nitrogens with zero attached hydrogens (tertiary/aromatic N) is 1. The lowest BCUT2D eigenvalue weighted by molar-refractivity contribution is -0.135. The van der Waals surface area contributed by atoms with Gasteiger partial charge in [0.05, 0.1) is 6.42 Å². The smallest absolute Gasteiger partial charge is 0.245 e. The van der Waals surface area contributed by atoms with E-state index in [4.69, 9.17) is 0 Å². The molecule has 1 fully saturated rings. The Bertz CT molecular complexity index is 989. The number of rotatable bonds is 6. The molecular formula is C25H26N2O2. The van der Waals surface area contributed by atoms with Crippen LogP contribution in [0.5, 0.6) is 0 Å². The lowest BCUT2D eigenvalue weighted by Crippen LogP contribution is -2.49. The molecule has 0 bridgehead atoms. The van der Waals surface area contributed by atoms with Gasteiger partial charge in [-0.05, 0) is 34.7 Å². The van der Waals surface area contributed by atoms with E-state index in [0.29, 0.717) is 6.42 Å². The summed E-state index contributed by atoms with van der Waals surface area (Å²) in [7, 11) is 0. The summed E-state index contributed by atoms with van der Waals surface area (Å²) in [6.07, 6.45) is 2.85. The molecule has 0 radical (unpaired) electrons. The highest BCUT2D eigenvalue weighted by atomic mass is 16.2. The molecule has 1 aliphatic heterocycles. The van der Waals surface area contributed by atoms with Gasteiger partial charge >= 0.3 is 0 Å². The molecule has 1 N–H and O–H groups in total. The molecule has 148 valence electrons. The highest BCUT2D eigenvalue weighted by Gasteiger charge is 2.28. The number of hydrogen-bond acceptors (Lipinski definition) is 2. The van der Waals surface area contributed by atoms with E-state index in [-0.39, 0.29) is 18.2 Å². The van der Waals surface area contributed by atoms with Crippen molar-refractivity contribution in [1.29, 1.82) is 0 Å². The van der Waals surface area contributed by atoms with Crippen LogP contribution in [0.15, 0.2) is 72.8 Å². The third-order valence-electron chi connectivity index (χ3n) is 5.56. The fraction of sp³-hybridized carbons (Fsp3) is 0.280. The van der Waals surface area contributed by atoms with Crippen molar-refractivity contribution in [2.75, 3.05) is 13.1 Å². The van der Waals surface area contributed by atoms with Crippen LogP contribution in [0.25, 0.3) is 10.8 Å². The van der Waals surface area contributed by atoms with Gasteiger partial charge in [-0.1, -0.05) is 72.8 Å². The first kappa shape index (κ1) is 19.2. The molecule has 3 aromatic carbocycles. The molecular weight excluding hydrogens is 360 g/mol. The Hall–Kier alpha value is -3.14. The number of fused-ring (bicyclic) bond motifs is 1. The molecule has 1 heterocycles. The highest BCUT2D eigenvalue weighted by Crippen LogP contribution is 2.19. The average Bonchev–Trinajstić information content (AvgIpc) is 3.29. The summed E-state index contributed by atoms with van der Waals surface area (Å²) < 4.78 is 0. The van der Waals surface area contributed by atoms with Crippen molar-refractivity contribution in [3.05, 3.63) is 83.9 Å². The van der Waals surface area contributed by atoms with Crippen LogP contribution < -0.4 is 5.32 Å². The predicted octanol–water partition coefficient (Wildman–Crippen LogP) is 3.73. The maximum absolute atomic E-state index is 13.1. The Labute approximate surface area is 171 Å². The van der Waals surface area contributed by atoms with Crippen molar-refractivity contribution in [3.63, 3.8) is 0 Å². The van der Waals surface area contributed by atoms with E-state index in [9.17, 15) is 9.59 Å². The summed E-state index contributed by atoms with van der Waals surface area (Å²) in [5, 5.41) is 5.22. The largest absolute Gasteiger partial charge is 0.344 e. The monoisotopic (exact) mass is 386 g/mol. The summed E-state index contributed by atoms with van der Waals surface area (Å²) >= 11 is 0. The van der Waals surface area contributed by atoms with Crippen LogP contribution in [0.4, 0.5) is 0 Å². The first-order valence-electron chi connectivity index (χ1n) is 10.3. The molecule has 2 amide bonds. The van der Waals surface area contributed by atoms with Crippen molar-refractivity contribution < 1.29 is 9.59 Å². The second kappa shape index (κ2) is 8.91. The molecule has 4 rings (SSSR count). The third kappa shape index (κ3) is 4.65. The van der Waals surface area contributed by atoms with Crippen LogP contribution in [-0.2, 0) is 22.4 Å². The minimum Gasteiger partial charge on any atom is -0.344 e. The van der Waals surface area contributed by atoms with Crippen LogP contribution >= 0.6 is 0 Å². The van der Waals surface area contributed by atoms with E-state index in [0.717, 1.165) is 47.8 Å². The topological polar surface area (TPSA) is 49.4 Å². The van der Waals surface area contributed by atoms with E-state index < -0.39 is 6.04 Å². The summed E-state index contributed by atoms with van der Waals surface area (Å²) in [5.41, 5.74) is 2.03. The van der Waals surface area contributed by atoms with E-state index in [1.807, 2.05) is 77.7 Å². The molecule has 4 nitrogen and oxygen atoms in total. The minimum absolute atomic E-state index is 0.0256. The summed E-state index contributed by atoms with van der Waals surface area (Å²) in [4.78, 5) is 27.8. The van der Waals surface area contributed by atoms with Crippen molar-refractivity contribution in [2.45, 2.75) is 31.7 Å². The Balaban J connectivity index is 1.51. The van der Waals surface area contributed by atoms with Gasteiger partial charge in [-0.15, -0.1) is 0 Å². The first-order valence-corrected chi connectivity index (χ1v) is 10.3. The Kier molecular flexibility index (Phi) is 5.89. The van der Waals surface area contributed by atoms with E-state index >= 15 is 0 Å². The van der Waals surface area contributed by atoms with Crippen LogP contribution in [0.1, 0.15) is 24.0 Å². The zero-order valence-electron chi connectivity index (χ0n) is 16.5. The van der Waals surface area contributed by atoms with Crippen LogP contribution in [0.2, 0.25) is 0 Å². The maximum Gasteiger partial charge on any atom is 0.245 e. The summed E-state index contributed by atoms with van der Waals surface area (Å²) in [5.74, 6) is -0.0903. The number of nitrogens with one attached hydrogen (secondary N) is 1. The van der Waals surface area contributed by atoms with Gasteiger partial charge in [-0.25, -0.2) is 0 Å². The molecule has 4 heteroatoms. The Morgan fingerprint density at radius 2 is 1.55 bits per heavy atom. The molecule has 0 aromatic heterocycles. The van der Waals surface area contributed by atoms with Crippen molar-refractivity contribution >= 4 is 22.6 Å². The first-order chi connectivity index (χ1) is 14.2. The maximum atomic E-state index is 13.1. The average molecular weight is 386 g/mol. The quantitative estimate of drug-likeness (QED) is 0.702. The fourth-order valence-corrected chi connectivity index (χ4v) is 4.07. The van der Waals surface area contributed by atoms with E-state index in [1.165, 1.54) is 0 Å². The lowest BCUT2D eigenvalue weighted by Gasteiger charge is -2.24. The third-order valence-corrected chi connectivity index (χ3v) is 5.56. The second-order valence-corrected chi connectivity index (χ2v) is 7.66. The van der Waals surface area contributed by atoms with E-state index in [2.05, 4.69) is 5.32 Å². The minimum atomic E-state index is -0.530. The Morgan fingerprint density at radius 3 is 2.34 bits per heavy atom. The highest BCUT2D eigenvalue weighted by molar-refractivity contribution is 5.92. The molecule has 0 saturated carbocycles. The molecule has 1 saturated heterocycles. The van der Waals surface area contributed by atoms with Crippen molar-refractivity contribution in [1.82, 2.24) is 10.2 Å².